The zero-order valence-electron chi connectivity index (χ0n) is 33.1. The number of nitrogens with zero attached hydrogens (tertiary/aromatic N) is 2. The Morgan fingerprint density at radius 3 is 1.23 bits per heavy atom. The first-order valence-electron chi connectivity index (χ1n) is 20.4. The van der Waals surface area contributed by atoms with Gasteiger partial charge >= 0.3 is 73.4 Å². The number of anilines is 2. The van der Waals surface area contributed by atoms with E-state index in [1.54, 1.807) is 96.3 Å². The standard InChI is InChI=1S/C21H27N2.C18H33P.C7H6.2ClH.Ru/c1-14-9-16(3)20(17(4)10-14)22-7-8-23(13-22)21-18(5)11-15(2)12-19(21)6;1-4-10-16(11-5-1)19(17-12-6-2-7-13-17)18-14-8-3-9-15-18;1-7-5-3-2-4-6-7;;;/h9-13H,7-8H2,1-6H3;16-18H,1-15H2;1-6H;2*1H;/q-1;;;;;+2/p-1. The van der Waals surface area contributed by atoms with E-state index in [-0.39, 0.29) is 7.92 Å². The Balaban J connectivity index is 0.000000162. The second kappa shape index (κ2) is 21.2. The van der Waals surface area contributed by atoms with E-state index >= 15 is 0 Å². The Labute approximate surface area is 332 Å². The quantitative estimate of drug-likeness (QED) is 0.138. The van der Waals surface area contributed by atoms with Gasteiger partial charge in [-0.05, 0) is 141 Å². The van der Waals surface area contributed by atoms with E-state index in [1.165, 1.54) is 61.7 Å². The number of aryl methyl sites for hydroxylation is 6. The molecule has 52 heavy (non-hydrogen) atoms. The molecule has 6 heteroatoms. The number of rotatable bonds is 6. The number of hydrogen-bond donors (Lipinski definition) is 0. The topological polar surface area (TPSA) is 6.48 Å². The molecule has 1 saturated heterocycles. The van der Waals surface area contributed by atoms with Crippen LogP contribution in [-0.2, 0) is 13.5 Å². The maximum atomic E-state index is 5.67. The number of hydrogen-bond acceptors (Lipinski definition) is 2. The Hall–Kier alpha value is -1.24. The molecule has 2 nitrogen and oxygen atoms in total. The van der Waals surface area contributed by atoms with Gasteiger partial charge in [-0.3, -0.25) is 0 Å². The van der Waals surface area contributed by atoms with Crippen LogP contribution in [0.1, 0.15) is 135 Å². The molecule has 4 aliphatic rings. The molecular formula is C46H67Cl2N2PRu. The van der Waals surface area contributed by atoms with Gasteiger partial charge in [-0.1, -0.05) is 54.7 Å². The molecule has 7 rings (SSSR count). The molecule has 0 radical (unpaired) electrons. The van der Waals surface area contributed by atoms with Gasteiger partial charge in [-0.15, -0.1) is 0 Å². The fourth-order valence-electron chi connectivity index (χ4n) is 10.0. The fraction of sp³-hybridized carbons (Fsp3) is 0.565. The fourth-order valence-corrected chi connectivity index (χ4v) is 17.1. The summed E-state index contributed by atoms with van der Waals surface area (Å²) in [6.07, 6.45) is 23.8. The first-order chi connectivity index (χ1) is 25.1. The molecule has 3 aromatic carbocycles. The molecule has 1 aliphatic heterocycles. The van der Waals surface area contributed by atoms with Gasteiger partial charge in [0.2, 0.25) is 0 Å². The van der Waals surface area contributed by atoms with Crippen molar-refractivity contribution in [2.24, 2.45) is 0 Å². The summed E-state index contributed by atoms with van der Waals surface area (Å²) in [5.41, 5.74) is 15.6. The Morgan fingerprint density at radius 2 is 0.904 bits per heavy atom. The van der Waals surface area contributed by atoms with Crippen LogP contribution < -0.4 is 9.80 Å². The summed E-state index contributed by atoms with van der Waals surface area (Å²) in [7, 11) is 11.3. The second-order valence-electron chi connectivity index (χ2n) is 16.2. The van der Waals surface area contributed by atoms with Crippen molar-refractivity contribution in [1.82, 2.24) is 0 Å². The van der Waals surface area contributed by atoms with E-state index in [2.05, 4.69) is 82.3 Å². The van der Waals surface area contributed by atoms with E-state index in [4.69, 9.17) is 19.4 Å². The summed E-state index contributed by atoms with van der Waals surface area (Å²) in [5.74, 6) is 0. The Morgan fingerprint density at radius 1 is 0.558 bits per heavy atom. The molecule has 0 aromatic heterocycles. The second-order valence-corrected chi connectivity index (χ2v) is 25.4. The SMILES string of the molecule is C1CCC([PH+](C2CCCCC2)C2CCCCC2)CC1.Cc1cc(C)c(N2[CH-]N(c3c(C)cc(C)cc3C)CC2)c(C)c1.[Cl][Ru]([Cl])=[CH]c1ccccc1. The number of halogens is 2. The molecule has 0 amide bonds. The monoisotopic (exact) mass is 850 g/mol. The van der Waals surface area contributed by atoms with Crippen molar-refractivity contribution >= 4 is 43.3 Å². The van der Waals surface area contributed by atoms with Crippen LogP contribution in [0.15, 0.2) is 54.6 Å². The summed E-state index contributed by atoms with van der Waals surface area (Å²) >= 11 is -1.61. The van der Waals surface area contributed by atoms with Crippen LogP contribution >= 0.6 is 27.3 Å². The molecule has 3 aromatic rings. The van der Waals surface area contributed by atoms with Crippen LogP contribution in [0.5, 0.6) is 0 Å². The van der Waals surface area contributed by atoms with Gasteiger partial charge in [0, 0.05) is 32.4 Å². The van der Waals surface area contributed by atoms with Crippen molar-refractivity contribution < 1.29 is 13.5 Å². The van der Waals surface area contributed by atoms with Crippen molar-refractivity contribution in [3.63, 3.8) is 0 Å². The molecule has 0 spiro atoms. The van der Waals surface area contributed by atoms with Crippen LogP contribution in [-0.4, -0.2) is 34.7 Å². The predicted octanol–water partition coefficient (Wildman–Crippen LogP) is 13.9. The molecule has 0 unspecified atom stereocenters. The summed E-state index contributed by atoms with van der Waals surface area (Å²) in [4.78, 5) is 4.81. The average Bonchev–Trinajstić information content (AvgIpc) is 3.58. The van der Waals surface area contributed by atoms with E-state index in [0.29, 0.717) is 0 Å². The van der Waals surface area contributed by atoms with Gasteiger partial charge in [0.25, 0.3) is 0 Å². The first-order valence-corrected chi connectivity index (χ1v) is 27.6. The van der Waals surface area contributed by atoms with Crippen LogP contribution in [0, 0.1) is 48.2 Å². The number of benzene rings is 3. The van der Waals surface area contributed by atoms with Gasteiger partial charge in [0.05, 0.1) is 17.0 Å². The molecule has 4 fully saturated rings. The third kappa shape index (κ3) is 12.1. The Kier molecular flexibility index (Phi) is 17.1. The Bertz CT molecular complexity index is 1420. The zero-order valence-corrected chi connectivity index (χ0v) is 37.4. The van der Waals surface area contributed by atoms with Gasteiger partial charge < -0.3 is 9.80 Å². The van der Waals surface area contributed by atoms with Crippen molar-refractivity contribution in [3.8, 4) is 0 Å². The van der Waals surface area contributed by atoms with Crippen LogP contribution in [0.2, 0.25) is 0 Å². The van der Waals surface area contributed by atoms with Gasteiger partial charge in [0.1, 0.15) is 0 Å². The molecule has 0 bridgehead atoms. The van der Waals surface area contributed by atoms with Crippen molar-refractivity contribution in [2.45, 2.75) is 155 Å². The molecule has 3 aliphatic carbocycles. The molecule has 0 N–H and O–H groups in total. The van der Waals surface area contributed by atoms with E-state index in [9.17, 15) is 0 Å². The summed E-state index contributed by atoms with van der Waals surface area (Å²) < 4.78 is 1.92. The maximum absolute atomic E-state index is 5.67. The third-order valence-electron chi connectivity index (χ3n) is 11.9. The summed E-state index contributed by atoms with van der Waals surface area (Å²) in [6.45, 7) is 17.6. The van der Waals surface area contributed by atoms with Crippen molar-refractivity contribution in [3.05, 3.63) is 100 Å². The first kappa shape index (κ1) is 41.9. The third-order valence-corrected chi connectivity index (χ3v) is 18.4. The average molecular weight is 851 g/mol. The predicted molar refractivity (Wildman–Crippen MR) is 233 cm³/mol. The van der Waals surface area contributed by atoms with Gasteiger partial charge in [-0.2, -0.15) is 6.67 Å². The summed E-state index contributed by atoms with van der Waals surface area (Å²) in [6, 6.07) is 19.0. The van der Waals surface area contributed by atoms with E-state index in [0.717, 1.165) is 18.7 Å². The zero-order chi connectivity index (χ0) is 37.0. The van der Waals surface area contributed by atoms with Gasteiger partial charge in [-0.25, -0.2) is 0 Å². The van der Waals surface area contributed by atoms with Crippen LogP contribution in [0.25, 0.3) is 0 Å². The van der Waals surface area contributed by atoms with Crippen molar-refractivity contribution in [2.75, 3.05) is 22.9 Å². The molecule has 0 atom stereocenters. The van der Waals surface area contributed by atoms with Crippen LogP contribution in [0.3, 0.4) is 0 Å². The molecular weight excluding hydrogens is 783 g/mol. The molecule has 288 valence electrons. The molecule has 3 saturated carbocycles. The van der Waals surface area contributed by atoms with Crippen molar-refractivity contribution in [1.29, 1.82) is 0 Å². The summed E-state index contributed by atoms with van der Waals surface area (Å²) in [5, 5.41) is 0. The van der Waals surface area contributed by atoms with Crippen LogP contribution in [0.4, 0.5) is 11.4 Å². The van der Waals surface area contributed by atoms with E-state index < -0.39 is 13.5 Å². The molecule has 1 heterocycles. The van der Waals surface area contributed by atoms with E-state index in [1.807, 2.05) is 34.9 Å². The minimum atomic E-state index is -1.61. The van der Waals surface area contributed by atoms with Gasteiger partial charge in [0.15, 0.2) is 0 Å². The minimum absolute atomic E-state index is 0.0465. The normalized spacial score (nSPS) is 19.1.